The molecule has 8 heteroatoms. The van der Waals surface area contributed by atoms with Gasteiger partial charge in [-0.2, -0.15) is 4.98 Å². The van der Waals surface area contributed by atoms with E-state index in [-0.39, 0.29) is 6.54 Å². The molecular formula is C13H11N5O3. The third kappa shape index (κ3) is 2.24. The van der Waals surface area contributed by atoms with Crippen LogP contribution in [0.15, 0.2) is 38.4 Å². The summed E-state index contributed by atoms with van der Waals surface area (Å²) in [5, 5.41) is 7.68. The van der Waals surface area contributed by atoms with Crippen LogP contribution in [0.4, 0.5) is 0 Å². The molecule has 106 valence electrons. The highest BCUT2D eigenvalue weighted by atomic mass is 16.5. The van der Waals surface area contributed by atoms with Crippen LogP contribution < -0.4 is 5.76 Å². The van der Waals surface area contributed by atoms with E-state index >= 15 is 0 Å². The lowest BCUT2D eigenvalue weighted by Crippen LogP contribution is -2.17. The number of hydrogen-bond acceptors (Lipinski definition) is 7. The average molecular weight is 285 g/mol. The first-order chi connectivity index (χ1) is 10.3. The van der Waals surface area contributed by atoms with E-state index in [0.717, 1.165) is 12.8 Å². The van der Waals surface area contributed by atoms with E-state index < -0.39 is 5.76 Å². The molecule has 1 saturated carbocycles. The predicted octanol–water partition coefficient (Wildman–Crippen LogP) is 1.21. The highest BCUT2D eigenvalue weighted by Crippen LogP contribution is 2.38. The second kappa shape index (κ2) is 4.65. The Morgan fingerprint density at radius 2 is 2.19 bits per heavy atom. The highest BCUT2D eigenvalue weighted by Gasteiger charge is 2.29. The van der Waals surface area contributed by atoms with Crippen molar-refractivity contribution < 1.29 is 9.05 Å². The predicted molar refractivity (Wildman–Crippen MR) is 69.4 cm³/mol. The first kappa shape index (κ1) is 12.0. The zero-order valence-corrected chi connectivity index (χ0v) is 11.0. The molecule has 0 atom stereocenters. The minimum absolute atomic E-state index is 0.156. The summed E-state index contributed by atoms with van der Waals surface area (Å²) in [6.45, 7) is 0.156. The molecule has 21 heavy (non-hydrogen) atoms. The molecule has 0 N–H and O–H groups in total. The van der Waals surface area contributed by atoms with Gasteiger partial charge in [0.15, 0.2) is 11.6 Å². The number of hydrogen-bond donors (Lipinski definition) is 0. The summed E-state index contributed by atoms with van der Waals surface area (Å²) < 4.78 is 11.3. The molecule has 0 radical (unpaired) electrons. The quantitative estimate of drug-likeness (QED) is 0.710. The van der Waals surface area contributed by atoms with Gasteiger partial charge in [0.05, 0.1) is 6.54 Å². The van der Waals surface area contributed by atoms with Gasteiger partial charge in [0.1, 0.15) is 0 Å². The van der Waals surface area contributed by atoms with Crippen LogP contribution in [-0.4, -0.2) is 24.8 Å². The summed E-state index contributed by atoms with van der Waals surface area (Å²) in [4.78, 5) is 20.1. The largest absolute Gasteiger partial charge is 0.442 e. The topological polar surface area (TPSA) is 99.8 Å². The maximum Gasteiger partial charge on any atom is 0.442 e. The lowest BCUT2D eigenvalue weighted by Gasteiger charge is -2.00. The lowest BCUT2D eigenvalue weighted by atomic mass is 10.3. The van der Waals surface area contributed by atoms with E-state index in [9.17, 15) is 4.79 Å². The number of pyridine rings is 1. The Kier molecular flexibility index (Phi) is 2.66. The molecule has 0 saturated heterocycles. The smallest absolute Gasteiger partial charge is 0.339 e. The monoisotopic (exact) mass is 285 g/mol. The Balaban J connectivity index is 1.68. The van der Waals surface area contributed by atoms with Gasteiger partial charge in [-0.15, -0.1) is 0 Å². The van der Waals surface area contributed by atoms with E-state index in [1.807, 2.05) is 0 Å². The summed E-state index contributed by atoms with van der Waals surface area (Å²) in [6.07, 6.45) is 5.42. The summed E-state index contributed by atoms with van der Waals surface area (Å²) >= 11 is 0. The average Bonchev–Trinajstić information content (AvgIpc) is 3.16. The minimum atomic E-state index is -0.563. The Morgan fingerprint density at radius 1 is 1.29 bits per heavy atom. The van der Waals surface area contributed by atoms with Crippen LogP contribution in [0.3, 0.4) is 0 Å². The molecule has 0 aromatic carbocycles. The molecular weight excluding hydrogens is 274 g/mol. The van der Waals surface area contributed by atoms with Crippen molar-refractivity contribution in [2.75, 3.05) is 0 Å². The van der Waals surface area contributed by atoms with Crippen molar-refractivity contribution in [3.8, 4) is 11.4 Å². The Morgan fingerprint density at radius 3 is 2.95 bits per heavy atom. The van der Waals surface area contributed by atoms with Gasteiger partial charge in [-0.3, -0.25) is 9.51 Å². The lowest BCUT2D eigenvalue weighted by molar-refractivity contribution is 0.367. The van der Waals surface area contributed by atoms with Gasteiger partial charge in [0.2, 0.25) is 5.89 Å². The SMILES string of the molecule is O=c1onc(-c2cccnc2)n1Cc1noc(C2CC2)n1. The summed E-state index contributed by atoms with van der Waals surface area (Å²) in [5.41, 5.74) is 0.689. The second-order valence-corrected chi connectivity index (χ2v) is 4.92. The number of nitrogens with zero attached hydrogens (tertiary/aromatic N) is 5. The van der Waals surface area contributed by atoms with Crippen molar-refractivity contribution in [1.82, 2.24) is 24.8 Å². The van der Waals surface area contributed by atoms with Crippen molar-refractivity contribution >= 4 is 0 Å². The van der Waals surface area contributed by atoms with Crippen molar-refractivity contribution in [1.29, 1.82) is 0 Å². The second-order valence-electron chi connectivity index (χ2n) is 4.92. The minimum Gasteiger partial charge on any atom is -0.339 e. The fourth-order valence-corrected chi connectivity index (χ4v) is 2.08. The Hall–Kier alpha value is -2.77. The van der Waals surface area contributed by atoms with E-state index in [2.05, 4.69) is 20.3 Å². The van der Waals surface area contributed by atoms with Crippen LogP contribution in [0.1, 0.15) is 30.5 Å². The van der Waals surface area contributed by atoms with E-state index in [1.54, 1.807) is 24.5 Å². The molecule has 3 heterocycles. The fraction of sp³-hybridized carbons (Fsp3) is 0.308. The molecule has 1 fully saturated rings. The van der Waals surface area contributed by atoms with Gasteiger partial charge in [0.25, 0.3) is 0 Å². The van der Waals surface area contributed by atoms with Crippen molar-refractivity contribution in [2.45, 2.75) is 25.3 Å². The molecule has 1 aliphatic rings. The zero-order chi connectivity index (χ0) is 14.2. The standard InChI is InChI=1S/C13H11N5O3/c19-13-18(7-10-15-12(20-16-10)8-3-4-8)11(17-21-13)9-2-1-5-14-6-9/h1-2,5-6,8H,3-4,7H2. The molecule has 4 rings (SSSR count). The van der Waals surface area contributed by atoms with Crippen LogP contribution >= 0.6 is 0 Å². The molecule has 3 aromatic heterocycles. The molecule has 0 aliphatic heterocycles. The molecule has 0 unspecified atom stereocenters. The maximum absolute atomic E-state index is 11.8. The van der Waals surface area contributed by atoms with E-state index in [1.165, 1.54) is 4.57 Å². The van der Waals surface area contributed by atoms with E-state index in [0.29, 0.717) is 29.0 Å². The van der Waals surface area contributed by atoms with Crippen LogP contribution in [0.2, 0.25) is 0 Å². The van der Waals surface area contributed by atoms with Crippen LogP contribution in [-0.2, 0) is 6.54 Å². The normalized spacial score (nSPS) is 14.5. The first-order valence-electron chi connectivity index (χ1n) is 6.60. The number of rotatable bonds is 4. The third-order valence-electron chi connectivity index (χ3n) is 3.32. The molecule has 0 spiro atoms. The fourth-order valence-electron chi connectivity index (χ4n) is 2.08. The van der Waals surface area contributed by atoms with Gasteiger partial charge in [0, 0.05) is 23.9 Å². The maximum atomic E-state index is 11.8. The van der Waals surface area contributed by atoms with Gasteiger partial charge >= 0.3 is 5.76 Å². The summed E-state index contributed by atoms with van der Waals surface area (Å²) in [6, 6.07) is 3.56. The van der Waals surface area contributed by atoms with Crippen LogP contribution in [0.25, 0.3) is 11.4 Å². The molecule has 1 aliphatic carbocycles. The van der Waals surface area contributed by atoms with Gasteiger partial charge in [-0.05, 0) is 25.0 Å². The molecule has 3 aromatic rings. The van der Waals surface area contributed by atoms with Gasteiger partial charge in [-0.1, -0.05) is 10.3 Å². The Labute approximate surface area is 118 Å². The Bertz CT molecular complexity index is 816. The van der Waals surface area contributed by atoms with Crippen molar-refractivity contribution in [3.63, 3.8) is 0 Å². The van der Waals surface area contributed by atoms with Gasteiger partial charge < -0.3 is 4.52 Å². The number of aromatic nitrogens is 5. The van der Waals surface area contributed by atoms with E-state index in [4.69, 9.17) is 9.05 Å². The first-order valence-corrected chi connectivity index (χ1v) is 6.60. The van der Waals surface area contributed by atoms with Crippen LogP contribution in [0.5, 0.6) is 0 Å². The molecule has 0 bridgehead atoms. The molecule has 8 nitrogen and oxygen atoms in total. The molecule has 0 amide bonds. The summed E-state index contributed by atoms with van der Waals surface area (Å²) in [5.74, 6) is 1.28. The highest BCUT2D eigenvalue weighted by molar-refractivity contribution is 5.52. The van der Waals surface area contributed by atoms with Gasteiger partial charge in [-0.25, -0.2) is 9.36 Å². The zero-order valence-electron chi connectivity index (χ0n) is 11.0. The van der Waals surface area contributed by atoms with Crippen molar-refractivity contribution in [2.24, 2.45) is 0 Å². The van der Waals surface area contributed by atoms with Crippen LogP contribution in [0, 0.1) is 0 Å². The van der Waals surface area contributed by atoms with Crippen molar-refractivity contribution in [3.05, 3.63) is 46.8 Å². The summed E-state index contributed by atoms with van der Waals surface area (Å²) in [7, 11) is 0. The third-order valence-corrected chi connectivity index (χ3v) is 3.32.